The van der Waals surface area contributed by atoms with Gasteiger partial charge in [-0.05, 0) is 12.8 Å². The third kappa shape index (κ3) is 1.78. The summed E-state index contributed by atoms with van der Waals surface area (Å²) in [4.78, 5) is 18.5. The summed E-state index contributed by atoms with van der Waals surface area (Å²) in [5, 5.41) is 8.68. The standard InChI is InChI=1S/C9H10N2O4S/c1-16(14,15)9-10-4-6-5(8(12)13)2-3-7(6)11-9/h4-5H,2-3H2,1H3,(H,12,13). The molecule has 0 spiro atoms. The maximum absolute atomic E-state index is 11.2. The minimum Gasteiger partial charge on any atom is -0.481 e. The van der Waals surface area contributed by atoms with E-state index in [0.717, 1.165) is 6.26 Å². The molecule has 1 unspecified atom stereocenters. The Morgan fingerprint density at radius 1 is 1.56 bits per heavy atom. The van der Waals surface area contributed by atoms with Gasteiger partial charge in [0.15, 0.2) is 0 Å². The highest BCUT2D eigenvalue weighted by Gasteiger charge is 2.30. The second-order valence-electron chi connectivity index (χ2n) is 3.76. The summed E-state index contributed by atoms with van der Waals surface area (Å²) in [6, 6.07) is 0. The van der Waals surface area contributed by atoms with E-state index < -0.39 is 21.7 Å². The largest absolute Gasteiger partial charge is 0.481 e. The van der Waals surface area contributed by atoms with Crippen molar-refractivity contribution in [3.05, 3.63) is 17.5 Å². The van der Waals surface area contributed by atoms with Crippen LogP contribution < -0.4 is 0 Å². The zero-order chi connectivity index (χ0) is 11.9. The van der Waals surface area contributed by atoms with Gasteiger partial charge in [-0.2, -0.15) is 0 Å². The number of hydrogen-bond acceptors (Lipinski definition) is 5. The molecule has 1 aromatic heterocycles. The number of aryl methyl sites for hydroxylation is 1. The predicted molar refractivity (Wildman–Crippen MR) is 53.8 cm³/mol. The molecule has 7 heteroatoms. The molecule has 1 N–H and O–H groups in total. The van der Waals surface area contributed by atoms with E-state index in [0.29, 0.717) is 24.1 Å². The van der Waals surface area contributed by atoms with Crippen LogP contribution in [0.25, 0.3) is 0 Å². The van der Waals surface area contributed by atoms with Crippen molar-refractivity contribution in [1.29, 1.82) is 0 Å². The van der Waals surface area contributed by atoms with Crippen LogP contribution >= 0.6 is 0 Å². The average molecular weight is 242 g/mol. The van der Waals surface area contributed by atoms with E-state index in [9.17, 15) is 13.2 Å². The van der Waals surface area contributed by atoms with E-state index >= 15 is 0 Å². The van der Waals surface area contributed by atoms with Crippen molar-refractivity contribution in [3.63, 3.8) is 0 Å². The molecule has 0 saturated heterocycles. The molecule has 0 saturated carbocycles. The van der Waals surface area contributed by atoms with Gasteiger partial charge < -0.3 is 5.11 Å². The van der Waals surface area contributed by atoms with E-state index in [2.05, 4.69) is 9.97 Å². The fourth-order valence-electron chi connectivity index (χ4n) is 1.77. The maximum Gasteiger partial charge on any atom is 0.311 e. The highest BCUT2D eigenvalue weighted by atomic mass is 32.2. The highest BCUT2D eigenvalue weighted by molar-refractivity contribution is 7.90. The number of nitrogens with zero attached hydrogens (tertiary/aromatic N) is 2. The van der Waals surface area contributed by atoms with Crippen LogP contribution in [-0.4, -0.2) is 35.7 Å². The van der Waals surface area contributed by atoms with Crippen LogP contribution in [0.2, 0.25) is 0 Å². The van der Waals surface area contributed by atoms with E-state index in [1.54, 1.807) is 0 Å². The SMILES string of the molecule is CS(=O)(=O)c1ncc2c(n1)CCC2C(=O)O. The fourth-order valence-corrected chi connectivity index (χ4v) is 2.29. The highest BCUT2D eigenvalue weighted by Crippen LogP contribution is 2.31. The van der Waals surface area contributed by atoms with Crippen LogP contribution in [0.4, 0.5) is 0 Å². The number of carboxylic acids is 1. The summed E-state index contributed by atoms with van der Waals surface area (Å²) >= 11 is 0. The Morgan fingerprint density at radius 3 is 2.81 bits per heavy atom. The second kappa shape index (κ2) is 3.51. The molecule has 1 heterocycles. The van der Waals surface area contributed by atoms with Crippen molar-refractivity contribution in [2.24, 2.45) is 0 Å². The van der Waals surface area contributed by atoms with Gasteiger partial charge in [0.05, 0.1) is 5.92 Å². The number of carboxylic acid groups (broad SMARTS) is 1. The summed E-state index contributed by atoms with van der Waals surface area (Å²) < 4.78 is 22.4. The molecule has 0 fully saturated rings. The van der Waals surface area contributed by atoms with Crippen LogP contribution in [0.5, 0.6) is 0 Å². The molecule has 0 aliphatic heterocycles. The first-order valence-electron chi connectivity index (χ1n) is 4.68. The molecule has 1 aromatic rings. The number of hydrogen-bond donors (Lipinski definition) is 1. The third-order valence-electron chi connectivity index (χ3n) is 2.55. The van der Waals surface area contributed by atoms with Crippen LogP contribution in [0, 0.1) is 0 Å². The van der Waals surface area contributed by atoms with Gasteiger partial charge >= 0.3 is 5.97 Å². The quantitative estimate of drug-likeness (QED) is 0.733. The molecule has 2 rings (SSSR count). The Labute approximate surface area is 92.3 Å². The van der Waals surface area contributed by atoms with Crippen LogP contribution in [0.3, 0.4) is 0 Å². The number of aliphatic carboxylic acids is 1. The third-order valence-corrected chi connectivity index (χ3v) is 3.41. The van der Waals surface area contributed by atoms with Gasteiger partial charge in [-0.25, -0.2) is 18.4 Å². The zero-order valence-corrected chi connectivity index (χ0v) is 9.36. The van der Waals surface area contributed by atoms with Gasteiger partial charge in [0.2, 0.25) is 15.0 Å². The van der Waals surface area contributed by atoms with Crippen molar-refractivity contribution in [3.8, 4) is 0 Å². The van der Waals surface area contributed by atoms with Crippen molar-refractivity contribution in [2.45, 2.75) is 23.9 Å². The summed E-state index contributed by atoms with van der Waals surface area (Å²) in [7, 11) is -3.43. The molecule has 1 atom stereocenters. The molecule has 16 heavy (non-hydrogen) atoms. The van der Waals surface area contributed by atoms with E-state index in [4.69, 9.17) is 5.11 Å². The Balaban J connectivity index is 2.48. The summed E-state index contributed by atoms with van der Waals surface area (Å²) in [5.41, 5.74) is 1.06. The van der Waals surface area contributed by atoms with Gasteiger partial charge in [-0.1, -0.05) is 0 Å². The number of carbonyl (C=O) groups is 1. The number of sulfone groups is 1. The minimum absolute atomic E-state index is 0.239. The van der Waals surface area contributed by atoms with Crippen molar-refractivity contribution in [2.75, 3.05) is 6.26 Å². The average Bonchev–Trinajstić information content (AvgIpc) is 2.58. The first kappa shape index (κ1) is 11.0. The van der Waals surface area contributed by atoms with Gasteiger partial charge in [0.1, 0.15) is 0 Å². The normalized spacial score (nSPS) is 19.4. The Hall–Kier alpha value is -1.50. The molecule has 0 aromatic carbocycles. The summed E-state index contributed by atoms with van der Waals surface area (Å²) in [6.45, 7) is 0. The topological polar surface area (TPSA) is 97.2 Å². The lowest BCUT2D eigenvalue weighted by molar-refractivity contribution is -0.138. The lowest BCUT2D eigenvalue weighted by Gasteiger charge is -2.04. The van der Waals surface area contributed by atoms with Gasteiger partial charge in [-0.15, -0.1) is 0 Å². The predicted octanol–water partition coefficient (Wildman–Crippen LogP) is -0.00550. The van der Waals surface area contributed by atoms with E-state index in [1.165, 1.54) is 6.20 Å². The van der Waals surface area contributed by atoms with Gasteiger partial charge in [-0.3, -0.25) is 4.79 Å². The number of aromatic nitrogens is 2. The molecular weight excluding hydrogens is 232 g/mol. The summed E-state index contributed by atoms with van der Waals surface area (Å²) in [5.74, 6) is -1.53. The van der Waals surface area contributed by atoms with Crippen molar-refractivity contribution >= 4 is 15.8 Å². The second-order valence-corrected chi connectivity index (χ2v) is 5.67. The van der Waals surface area contributed by atoms with Crippen molar-refractivity contribution in [1.82, 2.24) is 9.97 Å². The van der Waals surface area contributed by atoms with E-state index in [1.807, 2.05) is 0 Å². The van der Waals surface area contributed by atoms with Gasteiger partial charge in [0, 0.05) is 23.7 Å². The Bertz CT molecular complexity index is 553. The molecule has 86 valence electrons. The van der Waals surface area contributed by atoms with Crippen molar-refractivity contribution < 1.29 is 18.3 Å². The molecule has 6 nitrogen and oxygen atoms in total. The summed E-state index contributed by atoms with van der Waals surface area (Å²) in [6.07, 6.45) is 3.27. The molecule has 0 radical (unpaired) electrons. The van der Waals surface area contributed by atoms with E-state index in [-0.39, 0.29) is 5.16 Å². The molecule has 1 aliphatic carbocycles. The first-order chi connectivity index (χ1) is 7.39. The smallest absolute Gasteiger partial charge is 0.311 e. The van der Waals surface area contributed by atoms with Gasteiger partial charge in [0.25, 0.3) is 0 Å². The monoisotopic (exact) mass is 242 g/mol. The first-order valence-corrected chi connectivity index (χ1v) is 6.57. The minimum atomic E-state index is -3.43. The molecule has 0 bridgehead atoms. The molecule has 1 aliphatic rings. The molecular formula is C9H10N2O4S. The lowest BCUT2D eigenvalue weighted by atomic mass is 10.1. The Kier molecular flexibility index (Phi) is 2.42. The lowest BCUT2D eigenvalue weighted by Crippen LogP contribution is -2.10. The Morgan fingerprint density at radius 2 is 2.25 bits per heavy atom. The fraction of sp³-hybridized carbons (Fsp3) is 0.444. The molecule has 0 amide bonds. The van der Waals surface area contributed by atoms with Crippen LogP contribution in [-0.2, 0) is 21.1 Å². The number of rotatable bonds is 2. The van der Waals surface area contributed by atoms with Crippen LogP contribution in [0.1, 0.15) is 23.6 Å². The maximum atomic E-state index is 11.2. The number of fused-ring (bicyclic) bond motifs is 1. The zero-order valence-electron chi connectivity index (χ0n) is 8.54. The van der Waals surface area contributed by atoms with Crippen LogP contribution in [0.15, 0.2) is 11.4 Å².